The van der Waals surface area contributed by atoms with Crippen molar-refractivity contribution in [3.8, 4) is 17.0 Å². The topological polar surface area (TPSA) is 84.3 Å². The molecule has 32 heavy (non-hydrogen) atoms. The van der Waals surface area contributed by atoms with E-state index in [0.29, 0.717) is 58.9 Å². The Kier molecular flexibility index (Phi) is 6.61. The average Bonchev–Trinajstić information content (AvgIpc) is 3.26. The summed E-state index contributed by atoms with van der Waals surface area (Å²) in [4.78, 5) is 19.8. The van der Waals surface area contributed by atoms with Gasteiger partial charge in [0.05, 0.1) is 18.7 Å². The van der Waals surface area contributed by atoms with Crippen molar-refractivity contribution in [3.05, 3.63) is 71.1 Å². The number of thiophene rings is 1. The van der Waals surface area contributed by atoms with Crippen molar-refractivity contribution in [1.29, 1.82) is 0 Å². The van der Waals surface area contributed by atoms with Gasteiger partial charge < -0.3 is 15.2 Å². The van der Waals surface area contributed by atoms with E-state index in [9.17, 15) is 14.3 Å². The van der Waals surface area contributed by atoms with E-state index in [4.69, 9.17) is 4.74 Å². The van der Waals surface area contributed by atoms with Crippen LogP contribution in [0, 0.1) is 5.82 Å². The number of nitrogens with one attached hydrogen (secondary N) is 1. The highest BCUT2D eigenvalue weighted by Gasteiger charge is 2.15. The van der Waals surface area contributed by atoms with Gasteiger partial charge in [0.25, 0.3) is 0 Å². The number of hydrogen-bond acceptors (Lipinski definition) is 6. The predicted octanol–water partition coefficient (Wildman–Crippen LogP) is 5.18. The smallest absolute Gasteiger partial charge is 0.307 e. The number of para-hydroxylation sites is 1. The lowest BCUT2D eigenvalue weighted by Gasteiger charge is -2.14. The summed E-state index contributed by atoms with van der Waals surface area (Å²) in [6.45, 7) is 2.75. The Hall–Kier alpha value is -3.52. The fourth-order valence-electron chi connectivity index (χ4n) is 3.58. The molecule has 0 saturated heterocycles. The molecular weight excluding hydrogens is 429 g/mol. The normalized spacial score (nSPS) is 10.9. The first-order valence-corrected chi connectivity index (χ1v) is 11.1. The average molecular weight is 452 g/mol. The van der Waals surface area contributed by atoms with Crippen LogP contribution in [-0.2, 0) is 17.6 Å². The second kappa shape index (κ2) is 9.74. The molecule has 0 aliphatic heterocycles. The van der Waals surface area contributed by atoms with Crippen LogP contribution in [0.1, 0.15) is 18.1 Å². The van der Waals surface area contributed by atoms with Crippen LogP contribution < -0.4 is 10.1 Å². The minimum Gasteiger partial charge on any atom is -0.493 e. The summed E-state index contributed by atoms with van der Waals surface area (Å²) in [6.07, 6.45) is 1.81. The van der Waals surface area contributed by atoms with Crippen molar-refractivity contribution in [2.45, 2.75) is 19.8 Å². The largest absolute Gasteiger partial charge is 0.493 e. The fraction of sp³-hybridized carbons (Fsp3) is 0.208. The number of carboxylic acids is 1. The maximum absolute atomic E-state index is 14.7. The number of carbonyl (C=O) groups is 1. The maximum atomic E-state index is 14.7. The third kappa shape index (κ3) is 4.70. The highest BCUT2D eigenvalue weighted by Crippen LogP contribution is 2.33. The molecule has 8 heteroatoms. The number of fused-ring (bicyclic) bond motifs is 1. The molecule has 0 saturated carbocycles. The van der Waals surface area contributed by atoms with Crippen LogP contribution in [0.3, 0.4) is 0 Å². The molecule has 2 aromatic heterocycles. The van der Waals surface area contributed by atoms with Gasteiger partial charge >= 0.3 is 5.97 Å². The Balaban J connectivity index is 1.52. The number of nitrogens with zero attached hydrogens (tertiary/aromatic N) is 2. The summed E-state index contributed by atoms with van der Waals surface area (Å²) in [7, 11) is 0. The first-order valence-electron chi connectivity index (χ1n) is 10.2. The summed E-state index contributed by atoms with van der Waals surface area (Å²) >= 11 is 1.52. The molecule has 164 valence electrons. The summed E-state index contributed by atoms with van der Waals surface area (Å²) in [5.74, 6) is -0.00200. The van der Waals surface area contributed by atoms with Crippen LogP contribution in [0.25, 0.3) is 21.3 Å². The van der Waals surface area contributed by atoms with E-state index in [1.165, 1.54) is 17.7 Å². The Morgan fingerprint density at radius 3 is 2.88 bits per heavy atom. The first kappa shape index (κ1) is 21.7. The van der Waals surface area contributed by atoms with Gasteiger partial charge in [-0.15, -0.1) is 11.3 Å². The zero-order valence-corrected chi connectivity index (χ0v) is 18.3. The van der Waals surface area contributed by atoms with E-state index < -0.39 is 5.97 Å². The molecule has 0 amide bonds. The number of benzene rings is 2. The highest BCUT2D eigenvalue weighted by atomic mass is 32.1. The lowest BCUT2D eigenvalue weighted by molar-refractivity contribution is -0.136. The van der Waals surface area contributed by atoms with Crippen molar-refractivity contribution in [2.24, 2.45) is 0 Å². The minimum absolute atomic E-state index is 0.139. The number of aromatic nitrogens is 2. The Bertz CT molecular complexity index is 1260. The van der Waals surface area contributed by atoms with Gasteiger partial charge in [-0.05, 0) is 42.5 Å². The van der Waals surface area contributed by atoms with Crippen molar-refractivity contribution in [3.63, 3.8) is 0 Å². The van der Waals surface area contributed by atoms with Crippen LogP contribution in [0.4, 0.5) is 10.2 Å². The van der Waals surface area contributed by atoms with Crippen LogP contribution in [-0.4, -0.2) is 34.2 Å². The predicted molar refractivity (Wildman–Crippen MR) is 124 cm³/mol. The lowest BCUT2D eigenvalue weighted by atomic mass is 10.0. The van der Waals surface area contributed by atoms with Crippen LogP contribution in [0.2, 0.25) is 0 Å². The van der Waals surface area contributed by atoms with E-state index >= 15 is 0 Å². The first-order chi connectivity index (χ1) is 15.6. The van der Waals surface area contributed by atoms with Crippen LogP contribution >= 0.6 is 11.3 Å². The quantitative estimate of drug-likeness (QED) is 0.365. The number of hydrogen-bond donors (Lipinski definition) is 2. The summed E-state index contributed by atoms with van der Waals surface area (Å²) in [6, 6.07) is 12.7. The minimum atomic E-state index is -0.930. The zero-order chi connectivity index (χ0) is 22.5. The summed E-state index contributed by atoms with van der Waals surface area (Å²) < 4.78 is 21.4. The van der Waals surface area contributed by atoms with E-state index in [2.05, 4.69) is 15.3 Å². The van der Waals surface area contributed by atoms with E-state index in [-0.39, 0.29) is 12.2 Å². The van der Waals surface area contributed by atoms with Gasteiger partial charge in [0, 0.05) is 33.8 Å². The number of anilines is 1. The SMILES string of the molecule is CCOc1c(CC(=O)O)cccc1-c1cc(NCCc2ccc3sccc3c2F)ncn1. The highest BCUT2D eigenvalue weighted by molar-refractivity contribution is 7.17. The van der Waals surface area contributed by atoms with Crippen molar-refractivity contribution in [1.82, 2.24) is 9.97 Å². The van der Waals surface area contributed by atoms with Gasteiger partial charge in [-0.1, -0.05) is 18.2 Å². The zero-order valence-electron chi connectivity index (χ0n) is 17.5. The van der Waals surface area contributed by atoms with Crippen molar-refractivity contribution < 1.29 is 19.0 Å². The van der Waals surface area contributed by atoms with Gasteiger partial charge in [0.2, 0.25) is 0 Å². The van der Waals surface area contributed by atoms with Crippen LogP contribution in [0.15, 0.2) is 54.2 Å². The molecule has 0 unspecified atom stereocenters. The lowest BCUT2D eigenvalue weighted by Crippen LogP contribution is -2.08. The summed E-state index contributed by atoms with van der Waals surface area (Å²) in [5.41, 5.74) is 2.55. The Labute approximate surface area is 188 Å². The molecule has 0 radical (unpaired) electrons. The van der Waals surface area contributed by atoms with Gasteiger partial charge in [-0.25, -0.2) is 14.4 Å². The third-order valence-corrected chi connectivity index (χ3v) is 5.90. The number of ether oxygens (including phenoxy) is 1. The van der Waals surface area contributed by atoms with E-state index in [1.807, 2.05) is 30.5 Å². The van der Waals surface area contributed by atoms with Crippen molar-refractivity contribution in [2.75, 3.05) is 18.5 Å². The number of rotatable bonds is 9. The molecule has 0 spiro atoms. The van der Waals surface area contributed by atoms with Crippen LogP contribution in [0.5, 0.6) is 5.75 Å². The second-order valence-electron chi connectivity index (χ2n) is 7.13. The molecule has 0 bridgehead atoms. The number of halogens is 1. The summed E-state index contributed by atoms with van der Waals surface area (Å²) in [5, 5.41) is 15.0. The molecular formula is C24H22FN3O3S. The molecule has 4 rings (SSSR count). The molecule has 4 aromatic rings. The molecule has 0 aliphatic carbocycles. The molecule has 0 atom stereocenters. The third-order valence-electron chi connectivity index (χ3n) is 5.02. The monoisotopic (exact) mass is 451 g/mol. The van der Waals surface area contributed by atoms with Crippen molar-refractivity contribution >= 4 is 33.2 Å². The Morgan fingerprint density at radius 2 is 2.06 bits per heavy atom. The van der Waals surface area contributed by atoms with Gasteiger partial charge in [-0.2, -0.15) is 0 Å². The second-order valence-corrected chi connectivity index (χ2v) is 8.08. The molecule has 0 aliphatic rings. The number of carboxylic acid groups (broad SMARTS) is 1. The number of aliphatic carboxylic acids is 1. The van der Waals surface area contributed by atoms with E-state index in [0.717, 1.165) is 4.70 Å². The molecule has 6 nitrogen and oxygen atoms in total. The van der Waals surface area contributed by atoms with Gasteiger partial charge in [0.15, 0.2) is 0 Å². The van der Waals surface area contributed by atoms with Gasteiger partial charge in [-0.3, -0.25) is 4.79 Å². The molecule has 2 N–H and O–H groups in total. The van der Waals surface area contributed by atoms with Gasteiger partial charge in [0.1, 0.15) is 23.7 Å². The Morgan fingerprint density at radius 1 is 1.19 bits per heavy atom. The molecule has 2 heterocycles. The fourth-order valence-corrected chi connectivity index (χ4v) is 4.36. The standard InChI is InChI=1S/C24H22FN3O3S/c1-2-31-24-16(12-22(29)30)4-3-5-17(24)19-13-21(28-14-27-19)26-10-8-15-6-7-20-18(23(15)25)9-11-32-20/h3-7,9,11,13-14H,2,8,10,12H2,1H3,(H,29,30)(H,26,27,28). The van der Waals surface area contributed by atoms with E-state index in [1.54, 1.807) is 24.3 Å². The molecule has 2 aromatic carbocycles. The maximum Gasteiger partial charge on any atom is 0.307 e. The molecule has 0 fully saturated rings.